The maximum Gasteiger partial charge on any atom is 0.190 e. The van der Waals surface area contributed by atoms with Crippen molar-refractivity contribution >= 4 is 11.6 Å². The molecule has 0 aromatic heterocycles. The lowest BCUT2D eigenvalue weighted by Crippen LogP contribution is -2.68. The van der Waals surface area contributed by atoms with Crippen LogP contribution < -0.4 is 0 Å². The van der Waals surface area contributed by atoms with Crippen LogP contribution in [0.5, 0.6) is 0 Å². The molecule has 0 aromatic carbocycles. The molecule has 1 aliphatic heterocycles. The van der Waals surface area contributed by atoms with Gasteiger partial charge in [0, 0.05) is 36.0 Å². The van der Waals surface area contributed by atoms with Crippen LogP contribution in [0.25, 0.3) is 0 Å². The highest BCUT2D eigenvalue weighted by Crippen LogP contribution is 2.69. The predicted octanol–water partition coefficient (Wildman–Crippen LogP) is 2.26. The van der Waals surface area contributed by atoms with Crippen LogP contribution in [-0.4, -0.2) is 58.7 Å². The van der Waals surface area contributed by atoms with Crippen molar-refractivity contribution in [1.82, 2.24) is 0 Å². The number of hydrogen-bond donors (Lipinski definition) is 2. The van der Waals surface area contributed by atoms with Crippen molar-refractivity contribution in [3.05, 3.63) is 11.6 Å². The molecular weight excluding hydrogens is 391 g/mol. The fourth-order valence-corrected chi connectivity index (χ4v) is 7.68. The lowest BCUT2D eigenvalue weighted by atomic mass is 9.44. The quantitative estimate of drug-likeness (QED) is 0.663. The zero-order valence-corrected chi connectivity index (χ0v) is 17.7. The highest BCUT2D eigenvalue weighted by atomic mass is 19.1. The summed E-state index contributed by atoms with van der Waals surface area (Å²) in [4.78, 5) is 26.0. The van der Waals surface area contributed by atoms with Gasteiger partial charge in [0.05, 0.1) is 13.2 Å². The molecule has 1 saturated heterocycles. The number of Topliss-reactive ketones (excluding diaryl/α,β-unsaturated/α-hetero) is 2. The Morgan fingerprint density at radius 1 is 1.17 bits per heavy atom. The minimum absolute atomic E-state index is 0.158. The third-order valence-electron chi connectivity index (χ3n) is 9.52. The van der Waals surface area contributed by atoms with Gasteiger partial charge in [-0.1, -0.05) is 25.5 Å². The van der Waals surface area contributed by atoms with Crippen molar-refractivity contribution in [2.75, 3.05) is 19.8 Å². The van der Waals surface area contributed by atoms with Gasteiger partial charge in [-0.15, -0.1) is 0 Å². The van der Waals surface area contributed by atoms with Gasteiger partial charge in [-0.2, -0.15) is 0 Å². The highest BCUT2D eigenvalue weighted by molar-refractivity contribution is 5.95. The average molecular weight is 422 g/mol. The molecular formula is C23H31FO6. The van der Waals surface area contributed by atoms with E-state index in [4.69, 9.17) is 9.47 Å². The molecule has 30 heavy (non-hydrogen) atoms. The molecule has 6 atom stereocenters. The fourth-order valence-electron chi connectivity index (χ4n) is 7.68. The Labute approximate surface area is 175 Å². The second kappa shape index (κ2) is 6.21. The van der Waals surface area contributed by atoms with E-state index in [1.165, 1.54) is 0 Å². The molecule has 6 nitrogen and oxygen atoms in total. The molecule has 5 rings (SSSR count). The average Bonchev–Trinajstić information content (AvgIpc) is 3.27. The van der Waals surface area contributed by atoms with E-state index < -0.39 is 52.0 Å². The maximum absolute atomic E-state index is 17.1. The second-order valence-electron chi connectivity index (χ2n) is 10.5. The largest absolute Gasteiger partial charge is 0.388 e. The normalized spacial score (nSPS) is 49.4. The molecule has 4 aliphatic carbocycles. The van der Waals surface area contributed by atoms with Crippen LogP contribution in [0.4, 0.5) is 4.39 Å². The zero-order valence-electron chi connectivity index (χ0n) is 17.7. The third-order valence-corrected chi connectivity index (χ3v) is 9.52. The Kier molecular flexibility index (Phi) is 4.29. The first-order valence-corrected chi connectivity index (χ1v) is 11.1. The summed E-state index contributed by atoms with van der Waals surface area (Å²) in [6.45, 7) is 3.87. The van der Waals surface area contributed by atoms with Gasteiger partial charge in [-0.25, -0.2) is 4.39 Å². The van der Waals surface area contributed by atoms with Crippen LogP contribution in [-0.2, 0) is 19.1 Å². The van der Waals surface area contributed by atoms with Gasteiger partial charge < -0.3 is 19.7 Å². The van der Waals surface area contributed by atoms with Gasteiger partial charge >= 0.3 is 0 Å². The van der Waals surface area contributed by atoms with Gasteiger partial charge in [0.2, 0.25) is 0 Å². The first-order valence-electron chi connectivity index (χ1n) is 11.1. The fraction of sp³-hybridized carbons (Fsp3) is 0.826. The number of ketones is 2. The lowest BCUT2D eigenvalue weighted by molar-refractivity contribution is -0.207. The van der Waals surface area contributed by atoms with E-state index in [9.17, 15) is 19.8 Å². The number of aliphatic hydroxyl groups is 2. The number of ether oxygens (including phenoxy) is 2. The Hall–Kier alpha value is -1.15. The maximum atomic E-state index is 17.1. The molecule has 1 heterocycles. The van der Waals surface area contributed by atoms with Crippen molar-refractivity contribution < 1.29 is 33.7 Å². The zero-order chi connectivity index (χ0) is 21.6. The summed E-state index contributed by atoms with van der Waals surface area (Å²) in [6, 6.07) is 0. The minimum Gasteiger partial charge on any atom is -0.388 e. The molecule has 0 unspecified atom stereocenters. The van der Waals surface area contributed by atoms with Crippen LogP contribution in [0, 0.1) is 22.7 Å². The second-order valence-corrected chi connectivity index (χ2v) is 10.5. The highest BCUT2D eigenvalue weighted by Gasteiger charge is 2.74. The molecule has 7 heteroatoms. The molecule has 5 aliphatic rings. The number of carbonyl (C=O) groups excluding carboxylic acids is 2. The number of aliphatic hydroxyl groups excluding tert-OH is 1. The van der Waals surface area contributed by atoms with Gasteiger partial charge in [0.1, 0.15) is 12.2 Å². The summed E-state index contributed by atoms with van der Waals surface area (Å²) >= 11 is 0. The number of fused-ring (bicyclic) bond motifs is 5. The molecule has 166 valence electrons. The van der Waals surface area contributed by atoms with E-state index in [-0.39, 0.29) is 18.8 Å². The number of halogens is 1. The van der Waals surface area contributed by atoms with Crippen molar-refractivity contribution in [3.63, 3.8) is 0 Å². The summed E-state index contributed by atoms with van der Waals surface area (Å²) in [7, 11) is 0. The van der Waals surface area contributed by atoms with E-state index in [1.54, 1.807) is 6.92 Å². The van der Waals surface area contributed by atoms with E-state index >= 15 is 4.39 Å². The van der Waals surface area contributed by atoms with Crippen molar-refractivity contribution in [3.8, 4) is 0 Å². The molecule has 0 aromatic rings. The van der Waals surface area contributed by atoms with Gasteiger partial charge in [-0.05, 0) is 31.6 Å². The van der Waals surface area contributed by atoms with Crippen LogP contribution in [0.3, 0.4) is 0 Å². The lowest BCUT2D eigenvalue weighted by Gasteiger charge is -2.61. The Morgan fingerprint density at radius 2 is 1.87 bits per heavy atom. The number of alkyl halides is 1. The first-order chi connectivity index (χ1) is 14.1. The van der Waals surface area contributed by atoms with Crippen LogP contribution in [0.2, 0.25) is 0 Å². The number of allylic oxidation sites excluding steroid dienone is 1. The summed E-state index contributed by atoms with van der Waals surface area (Å²) in [5.74, 6) is -2.76. The van der Waals surface area contributed by atoms with Gasteiger partial charge in [-0.3, -0.25) is 9.59 Å². The van der Waals surface area contributed by atoms with E-state index in [0.717, 1.165) is 5.57 Å². The minimum atomic E-state index is -2.03. The first kappa shape index (κ1) is 20.7. The molecule has 2 N–H and O–H groups in total. The number of carbonyl (C=O) groups is 2. The standard InChI is InChI=1S/C23H31FO6/c1-19-7-8-21(29-9-10-30-21)11-14(19)3-4-16-15-5-6-22(28,18(27)13-25)20(15,2)12-17(26)23(16,19)24/h3,15-16,25,28H,4-13H2,1-2H3/t15-,16-,19-,20-,22-,23-/m0/s1. The van der Waals surface area contributed by atoms with Crippen molar-refractivity contribution in [1.29, 1.82) is 0 Å². The van der Waals surface area contributed by atoms with Crippen molar-refractivity contribution in [2.45, 2.75) is 75.9 Å². The molecule has 1 spiro atoms. The molecule has 4 fully saturated rings. The number of rotatable bonds is 2. The molecule has 0 bridgehead atoms. The predicted molar refractivity (Wildman–Crippen MR) is 104 cm³/mol. The Morgan fingerprint density at radius 3 is 2.53 bits per heavy atom. The summed E-state index contributed by atoms with van der Waals surface area (Å²) in [5.41, 5.74) is -4.91. The number of hydrogen-bond acceptors (Lipinski definition) is 6. The van der Waals surface area contributed by atoms with E-state index in [1.807, 2.05) is 6.92 Å². The van der Waals surface area contributed by atoms with Gasteiger partial charge in [0.25, 0.3) is 0 Å². The van der Waals surface area contributed by atoms with Crippen molar-refractivity contribution in [2.24, 2.45) is 22.7 Å². The Balaban J connectivity index is 1.55. The molecule has 3 saturated carbocycles. The summed E-state index contributed by atoms with van der Waals surface area (Å²) < 4.78 is 28.8. The van der Waals surface area contributed by atoms with E-state index in [2.05, 4.69) is 6.08 Å². The molecule has 0 amide bonds. The topological polar surface area (TPSA) is 93.1 Å². The SMILES string of the molecule is C[C@]12CCC3(CC1=CC[C@H]1[C@@H]4CC[C@](O)(C(=O)CO)[C@@]4(C)CC(=O)[C@@]12F)OCCO3. The van der Waals surface area contributed by atoms with Crippen LogP contribution in [0.1, 0.15) is 58.8 Å². The van der Waals surface area contributed by atoms with Gasteiger partial charge in [0.15, 0.2) is 23.0 Å². The van der Waals surface area contributed by atoms with Crippen LogP contribution in [0.15, 0.2) is 11.6 Å². The monoisotopic (exact) mass is 422 g/mol. The third kappa shape index (κ3) is 2.22. The summed E-state index contributed by atoms with van der Waals surface area (Å²) in [6.07, 6.45) is 4.37. The molecule has 0 radical (unpaired) electrons. The van der Waals surface area contributed by atoms with Crippen LogP contribution >= 0.6 is 0 Å². The summed E-state index contributed by atoms with van der Waals surface area (Å²) in [5, 5.41) is 20.6. The van der Waals surface area contributed by atoms with E-state index in [0.29, 0.717) is 45.3 Å². The Bertz CT molecular complexity index is 834. The smallest absolute Gasteiger partial charge is 0.190 e.